The molecule has 5 nitrogen and oxygen atoms in total. The first kappa shape index (κ1) is 11.0. The standard InChI is InChI=1S/C3H8.CH6N4O/c1-3-2;2-4-1(6)5-3/h3H2,1-2H3;2-3H2,(H2,4,5,6). The van der Waals surface area contributed by atoms with Gasteiger partial charge in [-0.05, 0) is 0 Å². The summed E-state index contributed by atoms with van der Waals surface area (Å²) in [6.07, 6.45) is 1.25. The van der Waals surface area contributed by atoms with E-state index in [1.165, 1.54) is 6.42 Å². The topological polar surface area (TPSA) is 93.2 Å². The van der Waals surface area contributed by atoms with Crippen molar-refractivity contribution in [1.82, 2.24) is 10.9 Å². The summed E-state index contributed by atoms with van der Waals surface area (Å²) < 4.78 is 0. The highest BCUT2D eigenvalue weighted by molar-refractivity contribution is 5.72. The van der Waals surface area contributed by atoms with Gasteiger partial charge in [0, 0.05) is 0 Å². The van der Waals surface area contributed by atoms with Crippen molar-refractivity contribution < 1.29 is 4.79 Å². The van der Waals surface area contributed by atoms with Gasteiger partial charge in [-0.1, -0.05) is 20.3 Å². The number of carbonyl (C=O) groups excluding carboxylic acids is 1. The maximum atomic E-state index is 9.71. The minimum absolute atomic E-state index is 0.602. The van der Waals surface area contributed by atoms with Crippen LogP contribution < -0.4 is 22.5 Å². The predicted molar refractivity (Wildman–Crippen MR) is 36.0 cm³/mol. The molecule has 0 aliphatic carbocycles. The van der Waals surface area contributed by atoms with E-state index in [2.05, 4.69) is 25.5 Å². The summed E-state index contributed by atoms with van der Waals surface area (Å²) >= 11 is 0. The van der Waals surface area contributed by atoms with Gasteiger partial charge >= 0.3 is 6.03 Å². The van der Waals surface area contributed by atoms with Gasteiger partial charge in [-0.2, -0.15) is 0 Å². The van der Waals surface area contributed by atoms with Crippen molar-refractivity contribution in [3.05, 3.63) is 0 Å². The van der Waals surface area contributed by atoms with E-state index < -0.39 is 6.03 Å². The zero-order chi connectivity index (χ0) is 7.70. The lowest BCUT2D eigenvalue weighted by Crippen LogP contribution is -2.43. The first-order valence-corrected chi connectivity index (χ1v) is 2.70. The number of hydrogen-bond acceptors (Lipinski definition) is 3. The second kappa shape index (κ2) is 10.2. The van der Waals surface area contributed by atoms with Crippen LogP contribution in [0.2, 0.25) is 0 Å². The summed E-state index contributed by atoms with van der Waals surface area (Å²) in [6.45, 7) is 4.25. The van der Waals surface area contributed by atoms with E-state index in [1.807, 2.05) is 0 Å². The van der Waals surface area contributed by atoms with E-state index in [0.717, 1.165) is 0 Å². The van der Waals surface area contributed by atoms with Gasteiger partial charge in [0.25, 0.3) is 0 Å². The van der Waals surface area contributed by atoms with E-state index >= 15 is 0 Å². The Morgan fingerprint density at radius 1 is 1.33 bits per heavy atom. The fourth-order valence-corrected chi connectivity index (χ4v) is 0.0417. The molecule has 0 heterocycles. The molecule has 0 saturated heterocycles. The Bertz CT molecular complexity index is 59.6. The van der Waals surface area contributed by atoms with Crippen LogP contribution in [-0.4, -0.2) is 6.03 Å². The minimum Gasteiger partial charge on any atom is -0.275 e. The van der Waals surface area contributed by atoms with Crippen LogP contribution in [0.15, 0.2) is 0 Å². The van der Waals surface area contributed by atoms with E-state index in [4.69, 9.17) is 0 Å². The van der Waals surface area contributed by atoms with Gasteiger partial charge in [0.1, 0.15) is 0 Å². The van der Waals surface area contributed by atoms with Crippen LogP contribution >= 0.6 is 0 Å². The molecule has 0 radical (unpaired) electrons. The fraction of sp³-hybridized carbons (Fsp3) is 0.750. The number of nitrogens with two attached hydrogens (primary N) is 2. The van der Waals surface area contributed by atoms with E-state index in [1.54, 1.807) is 10.9 Å². The Kier molecular flexibility index (Phi) is 12.6. The first-order valence-electron chi connectivity index (χ1n) is 2.70. The molecule has 0 spiro atoms. The van der Waals surface area contributed by atoms with Crippen molar-refractivity contribution in [2.75, 3.05) is 0 Å². The lowest BCUT2D eigenvalue weighted by molar-refractivity contribution is 0.241. The number of rotatable bonds is 0. The van der Waals surface area contributed by atoms with Crippen LogP contribution in [0, 0.1) is 0 Å². The summed E-state index contributed by atoms with van der Waals surface area (Å²) in [6, 6.07) is -0.602. The van der Waals surface area contributed by atoms with E-state index in [9.17, 15) is 4.79 Å². The number of hydrazine groups is 2. The van der Waals surface area contributed by atoms with Crippen molar-refractivity contribution in [3.8, 4) is 0 Å². The number of hydrogen-bond donors (Lipinski definition) is 4. The largest absolute Gasteiger partial charge is 0.343 e. The number of amides is 2. The Labute approximate surface area is 54.7 Å². The van der Waals surface area contributed by atoms with Gasteiger partial charge in [0.2, 0.25) is 0 Å². The van der Waals surface area contributed by atoms with Gasteiger partial charge in [-0.3, -0.25) is 10.9 Å². The lowest BCUT2D eigenvalue weighted by Gasteiger charge is -1.90. The highest BCUT2D eigenvalue weighted by atomic mass is 16.2. The van der Waals surface area contributed by atoms with Crippen LogP contribution in [0.4, 0.5) is 4.79 Å². The number of urea groups is 1. The van der Waals surface area contributed by atoms with Crippen molar-refractivity contribution >= 4 is 6.03 Å². The molecule has 0 rings (SSSR count). The molecule has 0 unspecified atom stereocenters. The molecule has 0 aliphatic rings. The SMILES string of the molecule is CCC.NNC(=O)NN. The molecule has 6 N–H and O–H groups in total. The Morgan fingerprint density at radius 2 is 1.56 bits per heavy atom. The normalized spacial score (nSPS) is 6.67. The zero-order valence-corrected chi connectivity index (χ0v) is 5.77. The van der Waals surface area contributed by atoms with Crippen LogP contribution in [0.1, 0.15) is 20.3 Å². The van der Waals surface area contributed by atoms with Crippen LogP contribution in [0.3, 0.4) is 0 Å². The Balaban J connectivity index is 0. The molecule has 0 atom stereocenters. The van der Waals surface area contributed by atoms with Gasteiger partial charge in [-0.25, -0.2) is 16.5 Å². The Morgan fingerprint density at radius 3 is 1.56 bits per heavy atom. The van der Waals surface area contributed by atoms with Crippen molar-refractivity contribution in [1.29, 1.82) is 0 Å². The summed E-state index contributed by atoms with van der Waals surface area (Å²) in [5.74, 6) is 9.08. The molecule has 56 valence electrons. The monoisotopic (exact) mass is 134 g/mol. The van der Waals surface area contributed by atoms with Gasteiger partial charge < -0.3 is 0 Å². The van der Waals surface area contributed by atoms with Gasteiger partial charge in [0.05, 0.1) is 0 Å². The molecule has 0 aromatic rings. The number of nitrogens with one attached hydrogen (secondary N) is 2. The van der Waals surface area contributed by atoms with Crippen molar-refractivity contribution in [3.63, 3.8) is 0 Å². The molecule has 2 amide bonds. The quantitative estimate of drug-likeness (QED) is 0.203. The molecular weight excluding hydrogens is 120 g/mol. The maximum absolute atomic E-state index is 9.71. The van der Waals surface area contributed by atoms with Crippen LogP contribution in [0.5, 0.6) is 0 Å². The maximum Gasteiger partial charge on any atom is 0.343 e. The third-order valence-electron chi connectivity index (χ3n) is 0.262. The van der Waals surface area contributed by atoms with Gasteiger partial charge in [0.15, 0.2) is 0 Å². The van der Waals surface area contributed by atoms with E-state index in [-0.39, 0.29) is 0 Å². The molecule has 0 aliphatic heterocycles. The molecule has 0 aromatic heterocycles. The highest BCUT2D eigenvalue weighted by Gasteiger charge is 1.82. The lowest BCUT2D eigenvalue weighted by atomic mass is 10.6. The zero-order valence-electron chi connectivity index (χ0n) is 5.77. The molecule has 9 heavy (non-hydrogen) atoms. The molecule has 0 saturated carbocycles. The fourth-order valence-electron chi connectivity index (χ4n) is 0.0417. The predicted octanol–water partition coefficient (Wildman–Crippen LogP) is -0.551. The number of carbonyl (C=O) groups is 1. The first-order chi connectivity index (χ1) is 4.22. The second-order valence-corrected chi connectivity index (χ2v) is 1.32. The molecule has 0 fully saturated rings. The summed E-state index contributed by atoms with van der Waals surface area (Å²) in [5, 5.41) is 0. The summed E-state index contributed by atoms with van der Waals surface area (Å²) in [4.78, 5) is 9.71. The molecule has 5 heteroatoms. The van der Waals surface area contributed by atoms with Crippen LogP contribution in [-0.2, 0) is 0 Å². The molecular formula is C4H14N4O. The van der Waals surface area contributed by atoms with E-state index in [0.29, 0.717) is 0 Å². The molecule has 0 aromatic carbocycles. The third-order valence-corrected chi connectivity index (χ3v) is 0.262. The smallest absolute Gasteiger partial charge is 0.275 e. The van der Waals surface area contributed by atoms with Crippen molar-refractivity contribution in [2.45, 2.75) is 20.3 Å². The average molecular weight is 134 g/mol. The summed E-state index contributed by atoms with van der Waals surface area (Å²) in [7, 11) is 0. The van der Waals surface area contributed by atoms with Crippen LogP contribution in [0.25, 0.3) is 0 Å². The van der Waals surface area contributed by atoms with Crippen molar-refractivity contribution in [2.24, 2.45) is 11.7 Å². The molecule has 0 bridgehead atoms. The minimum atomic E-state index is -0.602. The average Bonchev–Trinajstić information content (AvgIpc) is 1.88. The second-order valence-electron chi connectivity index (χ2n) is 1.32. The summed E-state index contributed by atoms with van der Waals surface area (Å²) in [5.41, 5.74) is 3.48. The third kappa shape index (κ3) is 19.0. The highest BCUT2D eigenvalue weighted by Crippen LogP contribution is 1.56. The Hall–Kier alpha value is -0.810. The van der Waals surface area contributed by atoms with Gasteiger partial charge in [-0.15, -0.1) is 0 Å².